The molecule has 1 amide bonds. The Morgan fingerprint density at radius 2 is 2.32 bits per heavy atom. The van der Waals surface area contributed by atoms with E-state index in [2.05, 4.69) is 27.4 Å². The molecule has 0 atom stereocenters. The summed E-state index contributed by atoms with van der Waals surface area (Å²) in [6.07, 6.45) is 1.51. The first kappa shape index (κ1) is 13.1. The third-order valence-corrected chi connectivity index (χ3v) is 2.62. The predicted octanol–water partition coefficient (Wildman–Crippen LogP) is 1.63. The van der Waals surface area contributed by atoms with Crippen LogP contribution in [0.1, 0.15) is 16.1 Å². The highest BCUT2D eigenvalue weighted by atomic mass is 35.5. The van der Waals surface area contributed by atoms with Crippen LogP contribution in [0.2, 0.25) is 5.02 Å². The fraction of sp³-hybridized carbons (Fsp3) is 0.0769. The van der Waals surface area contributed by atoms with E-state index in [4.69, 9.17) is 17.3 Å². The van der Waals surface area contributed by atoms with Crippen molar-refractivity contribution in [1.82, 2.24) is 10.2 Å². The second-order valence-electron chi connectivity index (χ2n) is 3.62. The standard InChI is InChI=1S/C13H11ClN4O/c14-11-4-3-10(8-9(11)2-1-6-15)17-13(19)12-5-7-16-18-12/h3-5,7-8H,6,15H2,(H,16,18)(H,17,19). The van der Waals surface area contributed by atoms with Gasteiger partial charge in [-0.15, -0.1) is 0 Å². The molecule has 19 heavy (non-hydrogen) atoms. The van der Waals surface area contributed by atoms with E-state index in [9.17, 15) is 4.79 Å². The first-order valence-corrected chi connectivity index (χ1v) is 5.87. The lowest BCUT2D eigenvalue weighted by Crippen LogP contribution is -2.12. The number of carbonyl (C=O) groups is 1. The van der Waals surface area contributed by atoms with Crippen molar-refractivity contribution in [2.75, 3.05) is 11.9 Å². The fourth-order valence-corrected chi connectivity index (χ4v) is 1.59. The first-order chi connectivity index (χ1) is 9.20. The molecule has 5 nitrogen and oxygen atoms in total. The molecular formula is C13H11ClN4O. The van der Waals surface area contributed by atoms with Gasteiger partial charge in [0.15, 0.2) is 0 Å². The summed E-state index contributed by atoms with van der Waals surface area (Å²) in [6, 6.07) is 6.65. The lowest BCUT2D eigenvalue weighted by atomic mass is 10.2. The number of aromatic amines is 1. The van der Waals surface area contributed by atoms with E-state index in [0.717, 1.165) is 0 Å². The lowest BCUT2D eigenvalue weighted by Gasteiger charge is -2.05. The van der Waals surface area contributed by atoms with Gasteiger partial charge in [0.1, 0.15) is 5.69 Å². The maximum atomic E-state index is 11.8. The molecule has 1 aromatic carbocycles. The average molecular weight is 275 g/mol. The maximum absolute atomic E-state index is 11.8. The summed E-state index contributed by atoms with van der Waals surface area (Å²) in [5, 5.41) is 9.53. The Hall–Kier alpha value is -2.29. The van der Waals surface area contributed by atoms with Crippen LogP contribution >= 0.6 is 11.6 Å². The summed E-state index contributed by atoms with van der Waals surface area (Å²) in [6.45, 7) is 0.251. The molecule has 96 valence electrons. The molecule has 0 aliphatic heterocycles. The van der Waals surface area contributed by atoms with Gasteiger partial charge in [-0.25, -0.2) is 0 Å². The Balaban J connectivity index is 2.19. The average Bonchev–Trinajstić information content (AvgIpc) is 2.93. The van der Waals surface area contributed by atoms with Crippen LogP contribution in [0.3, 0.4) is 0 Å². The van der Waals surface area contributed by atoms with Gasteiger partial charge in [0.05, 0.1) is 11.6 Å². The van der Waals surface area contributed by atoms with Crippen molar-refractivity contribution in [2.24, 2.45) is 5.73 Å². The quantitative estimate of drug-likeness (QED) is 0.728. The molecule has 0 saturated heterocycles. The van der Waals surface area contributed by atoms with Crippen molar-refractivity contribution in [1.29, 1.82) is 0 Å². The number of benzene rings is 1. The van der Waals surface area contributed by atoms with Gasteiger partial charge in [-0.2, -0.15) is 5.10 Å². The summed E-state index contributed by atoms with van der Waals surface area (Å²) < 4.78 is 0. The highest BCUT2D eigenvalue weighted by Gasteiger charge is 2.08. The summed E-state index contributed by atoms with van der Waals surface area (Å²) in [5.74, 6) is 5.28. The smallest absolute Gasteiger partial charge is 0.273 e. The number of halogens is 1. The number of nitrogens with zero attached hydrogens (tertiary/aromatic N) is 1. The van der Waals surface area contributed by atoms with Gasteiger partial charge < -0.3 is 11.1 Å². The highest BCUT2D eigenvalue weighted by Crippen LogP contribution is 2.20. The Morgan fingerprint density at radius 3 is 3.00 bits per heavy atom. The minimum atomic E-state index is -0.280. The number of nitrogens with one attached hydrogen (secondary N) is 2. The molecule has 0 radical (unpaired) electrons. The van der Waals surface area contributed by atoms with Gasteiger partial charge >= 0.3 is 0 Å². The Labute approximate surface area is 115 Å². The zero-order chi connectivity index (χ0) is 13.7. The first-order valence-electron chi connectivity index (χ1n) is 5.50. The number of rotatable bonds is 2. The lowest BCUT2D eigenvalue weighted by molar-refractivity contribution is 0.102. The van der Waals surface area contributed by atoms with Crippen LogP contribution in [0.15, 0.2) is 30.5 Å². The minimum Gasteiger partial charge on any atom is -0.321 e. The highest BCUT2D eigenvalue weighted by molar-refractivity contribution is 6.31. The van der Waals surface area contributed by atoms with Crippen molar-refractivity contribution in [3.8, 4) is 11.8 Å². The van der Waals surface area contributed by atoms with Crippen molar-refractivity contribution < 1.29 is 4.79 Å². The van der Waals surface area contributed by atoms with Crippen LogP contribution in [-0.2, 0) is 0 Å². The number of aromatic nitrogens is 2. The molecule has 0 spiro atoms. The molecular weight excluding hydrogens is 264 g/mol. The van der Waals surface area contributed by atoms with E-state index in [1.54, 1.807) is 24.3 Å². The van der Waals surface area contributed by atoms with E-state index in [1.807, 2.05) is 0 Å². The molecule has 1 heterocycles. The molecule has 0 unspecified atom stereocenters. The topological polar surface area (TPSA) is 83.8 Å². The van der Waals surface area contributed by atoms with Crippen molar-refractivity contribution in [2.45, 2.75) is 0 Å². The van der Waals surface area contributed by atoms with E-state index in [0.29, 0.717) is 22.0 Å². The summed E-state index contributed by atoms with van der Waals surface area (Å²) >= 11 is 6.00. The number of carbonyl (C=O) groups excluding carboxylic acids is 1. The second-order valence-corrected chi connectivity index (χ2v) is 4.03. The van der Waals surface area contributed by atoms with Gasteiger partial charge in [0.25, 0.3) is 5.91 Å². The zero-order valence-corrected chi connectivity index (χ0v) is 10.7. The molecule has 0 bridgehead atoms. The number of H-pyrrole nitrogens is 1. The normalized spacial score (nSPS) is 9.58. The van der Waals surface area contributed by atoms with Crippen LogP contribution in [0.5, 0.6) is 0 Å². The SMILES string of the molecule is NCC#Cc1cc(NC(=O)c2ccn[nH]2)ccc1Cl. The maximum Gasteiger partial charge on any atom is 0.273 e. The van der Waals surface area contributed by atoms with Gasteiger partial charge in [0.2, 0.25) is 0 Å². The molecule has 0 fully saturated rings. The van der Waals surface area contributed by atoms with Crippen molar-refractivity contribution in [3.63, 3.8) is 0 Å². The second kappa shape index (κ2) is 6.05. The predicted molar refractivity (Wildman–Crippen MR) is 73.9 cm³/mol. The Bertz CT molecular complexity index is 640. The molecule has 0 aliphatic carbocycles. The molecule has 2 aromatic rings. The van der Waals surface area contributed by atoms with Gasteiger partial charge in [-0.3, -0.25) is 9.89 Å². The van der Waals surface area contributed by atoms with Crippen LogP contribution in [0.4, 0.5) is 5.69 Å². The molecule has 0 saturated carbocycles. The number of hydrogen-bond donors (Lipinski definition) is 3. The summed E-state index contributed by atoms with van der Waals surface area (Å²) in [4.78, 5) is 11.8. The van der Waals surface area contributed by atoms with E-state index < -0.39 is 0 Å². The largest absolute Gasteiger partial charge is 0.321 e. The zero-order valence-electron chi connectivity index (χ0n) is 9.90. The third-order valence-electron chi connectivity index (χ3n) is 2.29. The molecule has 1 aromatic heterocycles. The molecule has 0 aliphatic rings. The van der Waals surface area contributed by atoms with Crippen molar-refractivity contribution in [3.05, 3.63) is 46.7 Å². The Morgan fingerprint density at radius 1 is 1.47 bits per heavy atom. The van der Waals surface area contributed by atoms with E-state index in [-0.39, 0.29) is 12.5 Å². The Kier molecular flexibility index (Phi) is 4.18. The van der Waals surface area contributed by atoms with E-state index >= 15 is 0 Å². The van der Waals surface area contributed by atoms with Crippen LogP contribution in [-0.4, -0.2) is 22.6 Å². The summed E-state index contributed by atoms with van der Waals surface area (Å²) in [7, 11) is 0. The minimum absolute atomic E-state index is 0.251. The molecule has 6 heteroatoms. The van der Waals surface area contributed by atoms with Crippen LogP contribution < -0.4 is 11.1 Å². The van der Waals surface area contributed by atoms with Gasteiger partial charge in [-0.1, -0.05) is 23.4 Å². The molecule has 2 rings (SSSR count). The number of anilines is 1. The van der Waals surface area contributed by atoms with Crippen LogP contribution in [0, 0.1) is 11.8 Å². The van der Waals surface area contributed by atoms with Gasteiger partial charge in [-0.05, 0) is 24.3 Å². The summed E-state index contributed by atoms with van der Waals surface area (Å²) in [5.41, 5.74) is 6.91. The van der Waals surface area contributed by atoms with E-state index in [1.165, 1.54) is 6.20 Å². The van der Waals surface area contributed by atoms with Crippen LogP contribution in [0.25, 0.3) is 0 Å². The number of amides is 1. The van der Waals surface area contributed by atoms with Crippen molar-refractivity contribution >= 4 is 23.2 Å². The molecule has 4 N–H and O–H groups in total. The number of hydrogen-bond acceptors (Lipinski definition) is 3. The van der Waals surface area contributed by atoms with Gasteiger partial charge in [0, 0.05) is 17.4 Å². The number of nitrogens with two attached hydrogens (primary N) is 1. The monoisotopic (exact) mass is 274 g/mol. The fourth-order valence-electron chi connectivity index (χ4n) is 1.43. The third kappa shape index (κ3) is 3.35.